The number of rotatable bonds is 2. The molecule has 2 aromatic rings. The first-order valence-corrected chi connectivity index (χ1v) is 7.49. The number of carbonyl (C=O) groups excluding carboxylic acids is 1. The molecule has 0 saturated carbocycles. The largest absolute Gasteiger partial charge is 0.341 e. The highest BCUT2D eigenvalue weighted by molar-refractivity contribution is 5.81. The monoisotopic (exact) mass is 300 g/mol. The Morgan fingerprint density at radius 2 is 2.18 bits per heavy atom. The molecular formula is C16H20N4O2. The van der Waals surface area contributed by atoms with Gasteiger partial charge in [0.25, 0.3) is 0 Å². The third-order valence-electron chi connectivity index (χ3n) is 3.80. The number of hydrogen-bond acceptors (Lipinski definition) is 5. The van der Waals surface area contributed by atoms with Crippen LogP contribution in [0.25, 0.3) is 11.5 Å². The van der Waals surface area contributed by atoms with Crippen molar-refractivity contribution in [2.45, 2.75) is 33.1 Å². The molecule has 3 heterocycles. The van der Waals surface area contributed by atoms with E-state index in [2.05, 4.69) is 15.1 Å². The summed E-state index contributed by atoms with van der Waals surface area (Å²) >= 11 is 0. The normalized spacial score (nSPS) is 18.7. The predicted octanol–water partition coefficient (Wildman–Crippen LogP) is 2.49. The number of aromatic nitrogens is 3. The molecule has 0 aromatic carbocycles. The summed E-state index contributed by atoms with van der Waals surface area (Å²) in [4.78, 5) is 22.9. The van der Waals surface area contributed by atoms with Gasteiger partial charge in [-0.15, -0.1) is 0 Å². The molecule has 3 rings (SSSR count). The van der Waals surface area contributed by atoms with Crippen molar-refractivity contribution in [3.63, 3.8) is 0 Å². The molecule has 1 fully saturated rings. The lowest BCUT2D eigenvalue weighted by molar-refractivity contribution is -0.138. The van der Waals surface area contributed by atoms with Gasteiger partial charge in [-0.1, -0.05) is 32.0 Å². The third kappa shape index (κ3) is 2.86. The minimum atomic E-state index is -0.358. The first-order chi connectivity index (χ1) is 10.4. The quantitative estimate of drug-likeness (QED) is 0.852. The maximum atomic E-state index is 12.3. The third-order valence-corrected chi connectivity index (χ3v) is 3.80. The zero-order chi connectivity index (χ0) is 15.7. The molecule has 116 valence electrons. The van der Waals surface area contributed by atoms with Crippen LogP contribution in [0.4, 0.5) is 0 Å². The topological polar surface area (TPSA) is 72.1 Å². The highest BCUT2D eigenvalue weighted by atomic mass is 16.5. The first kappa shape index (κ1) is 14.7. The fraction of sp³-hybridized carbons (Fsp3) is 0.500. The molecular weight excluding hydrogens is 280 g/mol. The molecule has 1 aliphatic heterocycles. The average molecular weight is 300 g/mol. The molecule has 1 atom stereocenters. The van der Waals surface area contributed by atoms with E-state index in [1.165, 1.54) is 0 Å². The van der Waals surface area contributed by atoms with E-state index in [0.29, 0.717) is 24.0 Å². The van der Waals surface area contributed by atoms with Crippen molar-refractivity contribution in [1.82, 2.24) is 20.0 Å². The Balaban J connectivity index is 1.72. The highest BCUT2D eigenvalue weighted by Gasteiger charge is 2.35. The minimum Gasteiger partial charge on any atom is -0.341 e. The zero-order valence-corrected chi connectivity index (χ0v) is 13.1. The second-order valence-electron chi connectivity index (χ2n) is 6.66. The Hall–Kier alpha value is -2.24. The van der Waals surface area contributed by atoms with Crippen molar-refractivity contribution in [1.29, 1.82) is 0 Å². The van der Waals surface area contributed by atoms with Gasteiger partial charge in [0, 0.05) is 24.7 Å². The number of likely N-dealkylation sites (tertiary alicyclic amines) is 1. The molecule has 22 heavy (non-hydrogen) atoms. The lowest BCUT2D eigenvalue weighted by Crippen LogP contribution is -2.37. The minimum absolute atomic E-state index is 0.108. The molecule has 0 spiro atoms. The van der Waals surface area contributed by atoms with Crippen LogP contribution in [0.3, 0.4) is 0 Å². The van der Waals surface area contributed by atoms with Crippen LogP contribution < -0.4 is 0 Å². The van der Waals surface area contributed by atoms with Gasteiger partial charge in [-0.3, -0.25) is 9.78 Å². The Kier molecular flexibility index (Phi) is 3.68. The summed E-state index contributed by atoms with van der Waals surface area (Å²) in [7, 11) is 0. The van der Waals surface area contributed by atoms with Crippen molar-refractivity contribution in [2.24, 2.45) is 5.41 Å². The molecule has 1 amide bonds. The summed E-state index contributed by atoms with van der Waals surface area (Å²) in [6.07, 6.45) is 2.55. The van der Waals surface area contributed by atoms with Gasteiger partial charge >= 0.3 is 0 Å². The molecule has 1 unspecified atom stereocenters. The Labute approximate surface area is 129 Å². The molecule has 1 aliphatic rings. The van der Waals surface area contributed by atoms with Crippen LogP contribution in [0.5, 0.6) is 0 Å². The van der Waals surface area contributed by atoms with E-state index >= 15 is 0 Å². The average Bonchev–Trinajstić information content (AvgIpc) is 3.15. The zero-order valence-electron chi connectivity index (χ0n) is 13.1. The van der Waals surface area contributed by atoms with Gasteiger partial charge in [-0.25, -0.2) is 0 Å². The van der Waals surface area contributed by atoms with Crippen LogP contribution in [0, 0.1) is 5.41 Å². The van der Waals surface area contributed by atoms with Crippen molar-refractivity contribution in [2.75, 3.05) is 13.1 Å². The van der Waals surface area contributed by atoms with Crippen molar-refractivity contribution in [3.05, 3.63) is 30.3 Å². The van der Waals surface area contributed by atoms with E-state index in [1.807, 2.05) is 43.9 Å². The van der Waals surface area contributed by atoms with E-state index in [0.717, 1.165) is 13.0 Å². The highest BCUT2D eigenvalue weighted by Crippen LogP contribution is 2.30. The van der Waals surface area contributed by atoms with E-state index < -0.39 is 0 Å². The molecule has 6 heteroatoms. The number of pyridine rings is 1. The number of nitrogens with zero attached hydrogens (tertiary/aromatic N) is 4. The maximum Gasteiger partial charge on any atom is 0.231 e. The summed E-state index contributed by atoms with van der Waals surface area (Å²) in [5, 5.41) is 4.00. The Bertz CT molecular complexity index is 660. The van der Waals surface area contributed by atoms with Crippen LogP contribution in [0.15, 0.2) is 28.9 Å². The van der Waals surface area contributed by atoms with Crippen LogP contribution in [-0.2, 0) is 4.79 Å². The van der Waals surface area contributed by atoms with Crippen molar-refractivity contribution >= 4 is 5.91 Å². The maximum absolute atomic E-state index is 12.3. The Morgan fingerprint density at radius 1 is 1.36 bits per heavy atom. The lowest BCUT2D eigenvalue weighted by Gasteiger charge is -2.25. The van der Waals surface area contributed by atoms with E-state index in [1.54, 1.807) is 6.20 Å². The second kappa shape index (κ2) is 5.51. The van der Waals surface area contributed by atoms with Crippen LogP contribution in [-0.4, -0.2) is 39.0 Å². The van der Waals surface area contributed by atoms with E-state index in [9.17, 15) is 4.79 Å². The molecule has 0 radical (unpaired) electrons. The lowest BCUT2D eigenvalue weighted by atomic mass is 9.95. The molecule has 6 nitrogen and oxygen atoms in total. The summed E-state index contributed by atoms with van der Waals surface area (Å²) in [6, 6.07) is 5.58. The SMILES string of the molecule is CC(C)(C)C(=O)N1CCC(c2nc(-c3ccccn3)no2)C1. The molecule has 0 N–H and O–H groups in total. The van der Waals surface area contributed by atoms with Gasteiger partial charge in [-0.2, -0.15) is 4.98 Å². The summed E-state index contributed by atoms with van der Waals surface area (Å²) in [6.45, 7) is 7.19. The van der Waals surface area contributed by atoms with Gasteiger partial charge < -0.3 is 9.42 Å². The van der Waals surface area contributed by atoms with Crippen molar-refractivity contribution in [3.8, 4) is 11.5 Å². The second-order valence-corrected chi connectivity index (χ2v) is 6.66. The number of hydrogen-bond donors (Lipinski definition) is 0. The fourth-order valence-electron chi connectivity index (χ4n) is 2.62. The van der Waals surface area contributed by atoms with Gasteiger partial charge in [-0.05, 0) is 18.6 Å². The summed E-state index contributed by atoms with van der Waals surface area (Å²) in [5.74, 6) is 1.36. The first-order valence-electron chi connectivity index (χ1n) is 7.49. The van der Waals surface area contributed by atoms with Gasteiger partial charge in [0.2, 0.25) is 17.6 Å². The van der Waals surface area contributed by atoms with Gasteiger partial charge in [0.15, 0.2) is 0 Å². The standard InChI is InChI=1S/C16H20N4O2/c1-16(2,3)15(21)20-9-7-11(10-20)14-18-13(19-22-14)12-6-4-5-8-17-12/h4-6,8,11H,7,9-10H2,1-3H3. The van der Waals surface area contributed by atoms with Gasteiger partial charge in [0.05, 0.1) is 5.92 Å². The summed E-state index contributed by atoms with van der Waals surface area (Å²) < 4.78 is 5.38. The molecule has 0 aliphatic carbocycles. The molecule has 0 bridgehead atoms. The van der Waals surface area contributed by atoms with E-state index in [-0.39, 0.29) is 17.2 Å². The fourth-order valence-corrected chi connectivity index (χ4v) is 2.62. The smallest absolute Gasteiger partial charge is 0.231 e. The van der Waals surface area contributed by atoms with Crippen LogP contribution >= 0.6 is 0 Å². The van der Waals surface area contributed by atoms with Gasteiger partial charge in [0.1, 0.15) is 5.69 Å². The van der Waals surface area contributed by atoms with E-state index in [4.69, 9.17) is 4.52 Å². The summed E-state index contributed by atoms with van der Waals surface area (Å²) in [5.41, 5.74) is 0.334. The molecule has 1 saturated heterocycles. The number of amides is 1. The van der Waals surface area contributed by atoms with Crippen molar-refractivity contribution < 1.29 is 9.32 Å². The van der Waals surface area contributed by atoms with Crippen LogP contribution in [0.2, 0.25) is 0 Å². The van der Waals surface area contributed by atoms with Crippen LogP contribution in [0.1, 0.15) is 39.0 Å². The molecule has 2 aromatic heterocycles. The predicted molar refractivity (Wildman–Crippen MR) is 80.9 cm³/mol. The number of carbonyl (C=O) groups is 1. The Morgan fingerprint density at radius 3 is 2.86 bits per heavy atom.